The Morgan fingerprint density at radius 1 is 1.17 bits per heavy atom. The molecular weight excluding hydrogens is 395 g/mol. The van der Waals surface area contributed by atoms with Crippen LogP contribution in [0.5, 0.6) is 0 Å². The van der Waals surface area contributed by atoms with Gasteiger partial charge in [0.15, 0.2) is 0 Å². The molecule has 0 bridgehead atoms. The Kier molecular flexibility index (Phi) is 7.36. The Labute approximate surface area is 165 Å². The van der Waals surface area contributed by atoms with E-state index in [2.05, 4.69) is 19.8 Å². The zero-order chi connectivity index (χ0) is 21.7. The van der Waals surface area contributed by atoms with Crippen molar-refractivity contribution in [2.24, 2.45) is 0 Å². The number of likely N-dealkylation sites (N-methyl/N-ethyl adjacent to an activating group) is 1. The second kappa shape index (κ2) is 9.35. The zero-order valence-electron chi connectivity index (χ0n) is 16.0. The van der Waals surface area contributed by atoms with Crippen molar-refractivity contribution >= 4 is 17.8 Å². The van der Waals surface area contributed by atoms with Gasteiger partial charge < -0.3 is 20.0 Å². The van der Waals surface area contributed by atoms with Crippen molar-refractivity contribution in [3.8, 4) is 0 Å². The summed E-state index contributed by atoms with van der Waals surface area (Å²) in [5.41, 5.74) is -0.432. The summed E-state index contributed by atoms with van der Waals surface area (Å²) >= 11 is 0. The fourth-order valence-corrected chi connectivity index (χ4v) is 3.50. The van der Waals surface area contributed by atoms with Gasteiger partial charge in [-0.05, 0) is 26.0 Å². The van der Waals surface area contributed by atoms with E-state index in [1.807, 2.05) is 7.05 Å². The molecule has 0 saturated carbocycles. The van der Waals surface area contributed by atoms with Crippen LogP contribution < -0.4 is 4.90 Å². The molecule has 2 saturated heterocycles. The highest BCUT2D eigenvalue weighted by molar-refractivity contribution is 5.87. The molecule has 2 N–H and O–H groups in total. The highest BCUT2D eigenvalue weighted by atomic mass is 19.4. The molecule has 3 rings (SSSR count). The number of hydrogen-bond acceptors (Lipinski definition) is 7. The summed E-state index contributed by atoms with van der Waals surface area (Å²) in [5, 5.41) is 16.3. The highest BCUT2D eigenvalue weighted by Crippen LogP contribution is 2.33. The van der Waals surface area contributed by atoms with Gasteiger partial charge in [0.25, 0.3) is 0 Å². The Morgan fingerprint density at radius 2 is 1.72 bits per heavy atom. The molecule has 0 radical (unpaired) electrons. The topological polar surface area (TPSA) is 110 Å². The minimum atomic E-state index is -5.08. The van der Waals surface area contributed by atoms with Crippen LogP contribution in [0.15, 0.2) is 18.5 Å². The number of piperazine rings is 1. The van der Waals surface area contributed by atoms with Crippen LogP contribution in [0.25, 0.3) is 0 Å². The number of halogens is 3. The summed E-state index contributed by atoms with van der Waals surface area (Å²) in [5.74, 6) is -1.87. The van der Waals surface area contributed by atoms with E-state index in [4.69, 9.17) is 15.0 Å². The number of hydrogen-bond donors (Lipinski definition) is 2. The predicted octanol–water partition coefficient (Wildman–Crippen LogP) is 0.215. The fourth-order valence-electron chi connectivity index (χ4n) is 3.50. The number of β-amino-alcohol motifs (C(OH)–C–C–N with tert-alkyl or cyclic N) is 1. The first-order valence-corrected chi connectivity index (χ1v) is 9.05. The largest absolute Gasteiger partial charge is 0.490 e. The fraction of sp³-hybridized carbons (Fsp3) is 0.647. The first kappa shape index (κ1) is 22.8. The van der Waals surface area contributed by atoms with E-state index in [1.165, 1.54) is 0 Å². The monoisotopic (exact) mass is 419 g/mol. The van der Waals surface area contributed by atoms with E-state index in [0.717, 1.165) is 38.4 Å². The number of aromatic nitrogens is 2. The van der Waals surface area contributed by atoms with Crippen molar-refractivity contribution in [2.75, 3.05) is 51.3 Å². The molecular formula is C17H24F3N5O4. The van der Waals surface area contributed by atoms with Gasteiger partial charge in [-0.2, -0.15) is 13.2 Å². The maximum atomic E-state index is 12.9. The molecule has 2 fully saturated rings. The molecule has 0 atom stereocenters. The molecule has 0 unspecified atom stereocenters. The standard InChI is InChI=1S/C15H23N5O2.C2HF3O2/c1-18-9-10-19(11-12-21)13(22)15(18)3-7-20(8-4-15)14-16-5-2-6-17-14;3-2(4,5)1(6)7/h2,5-6,21H,3-4,7-12H2,1H3;(H,6,7). The Morgan fingerprint density at radius 3 is 2.21 bits per heavy atom. The van der Waals surface area contributed by atoms with Gasteiger partial charge in [-0.15, -0.1) is 0 Å². The maximum absolute atomic E-state index is 12.9. The highest BCUT2D eigenvalue weighted by Gasteiger charge is 2.49. The number of carboxylic acid groups (broad SMARTS) is 1. The van der Waals surface area contributed by atoms with E-state index >= 15 is 0 Å². The van der Waals surface area contributed by atoms with Gasteiger partial charge in [0.1, 0.15) is 5.54 Å². The Hall–Kier alpha value is -2.47. The molecule has 9 nitrogen and oxygen atoms in total. The number of piperidine rings is 1. The summed E-state index contributed by atoms with van der Waals surface area (Å²) in [4.78, 5) is 36.5. The lowest BCUT2D eigenvalue weighted by atomic mass is 9.83. The van der Waals surface area contributed by atoms with Crippen LogP contribution in [-0.4, -0.2) is 100.0 Å². The number of aliphatic carboxylic acids is 1. The molecule has 1 aromatic rings. The molecule has 3 heterocycles. The molecule has 1 amide bonds. The van der Waals surface area contributed by atoms with Crippen LogP contribution in [0.4, 0.5) is 19.1 Å². The zero-order valence-corrected chi connectivity index (χ0v) is 16.0. The number of alkyl halides is 3. The minimum absolute atomic E-state index is 0.0233. The summed E-state index contributed by atoms with van der Waals surface area (Å²) in [6.07, 6.45) is -0.0633. The number of rotatable bonds is 3. The van der Waals surface area contributed by atoms with Gasteiger partial charge in [0.2, 0.25) is 11.9 Å². The van der Waals surface area contributed by atoms with Crippen molar-refractivity contribution in [3.63, 3.8) is 0 Å². The molecule has 29 heavy (non-hydrogen) atoms. The van der Waals surface area contributed by atoms with Crippen molar-refractivity contribution in [2.45, 2.75) is 24.6 Å². The molecule has 0 aliphatic carbocycles. The second-order valence-corrected chi connectivity index (χ2v) is 6.81. The minimum Gasteiger partial charge on any atom is -0.475 e. The van der Waals surface area contributed by atoms with E-state index in [1.54, 1.807) is 23.4 Å². The molecule has 12 heteroatoms. The summed E-state index contributed by atoms with van der Waals surface area (Å²) in [7, 11) is 2.03. The number of aliphatic hydroxyl groups excluding tert-OH is 1. The SMILES string of the molecule is CN1CCN(CCO)C(=O)C12CCN(c1ncccn1)CC2.O=C(O)C(F)(F)F. The van der Waals surface area contributed by atoms with E-state index in [0.29, 0.717) is 13.1 Å². The average molecular weight is 419 g/mol. The smallest absolute Gasteiger partial charge is 0.475 e. The van der Waals surface area contributed by atoms with Crippen molar-refractivity contribution in [1.82, 2.24) is 19.8 Å². The molecule has 1 aromatic heterocycles. The van der Waals surface area contributed by atoms with Gasteiger partial charge in [-0.25, -0.2) is 14.8 Å². The lowest BCUT2D eigenvalue weighted by Crippen LogP contribution is -2.68. The van der Waals surface area contributed by atoms with Gasteiger partial charge in [-0.3, -0.25) is 9.69 Å². The lowest BCUT2D eigenvalue weighted by molar-refractivity contribution is -0.192. The number of carbonyl (C=O) groups excluding carboxylic acids is 1. The van der Waals surface area contributed by atoms with Gasteiger partial charge in [-0.1, -0.05) is 0 Å². The van der Waals surface area contributed by atoms with E-state index < -0.39 is 17.7 Å². The molecule has 0 aromatic carbocycles. The van der Waals surface area contributed by atoms with Crippen LogP contribution in [0, 0.1) is 0 Å². The van der Waals surface area contributed by atoms with E-state index in [-0.39, 0.29) is 12.5 Å². The number of anilines is 1. The Balaban J connectivity index is 0.000000370. The quantitative estimate of drug-likeness (QED) is 0.716. The number of carbonyl (C=O) groups is 2. The van der Waals surface area contributed by atoms with Crippen LogP contribution in [-0.2, 0) is 9.59 Å². The third-order valence-corrected chi connectivity index (χ3v) is 5.16. The van der Waals surface area contributed by atoms with Crippen LogP contribution in [0.3, 0.4) is 0 Å². The average Bonchev–Trinajstić information content (AvgIpc) is 2.70. The van der Waals surface area contributed by atoms with Crippen LogP contribution in [0.1, 0.15) is 12.8 Å². The van der Waals surface area contributed by atoms with Gasteiger partial charge in [0.05, 0.1) is 6.61 Å². The van der Waals surface area contributed by atoms with Crippen molar-refractivity contribution < 1.29 is 33.0 Å². The normalized spacial score (nSPS) is 19.7. The van der Waals surface area contributed by atoms with Crippen molar-refractivity contribution in [3.05, 3.63) is 18.5 Å². The van der Waals surface area contributed by atoms with Crippen LogP contribution >= 0.6 is 0 Å². The van der Waals surface area contributed by atoms with Crippen LogP contribution in [0.2, 0.25) is 0 Å². The molecule has 2 aliphatic rings. The first-order valence-electron chi connectivity index (χ1n) is 9.05. The predicted molar refractivity (Wildman–Crippen MR) is 96.2 cm³/mol. The van der Waals surface area contributed by atoms with Crippen molar-refractivity contribution in [1.29, 1.82) is 0 Å². The second-order valence-electron chi connectivity index (χ2n) is 6.81. The molecule has 162 valence electrons. The van der Waals surface area contributed by atoms with Gasteiger partial charge >= 0.3 is 12.1 Å². The number of aliphatic hydroxyl groups is 1. The molecule has 1 spiro atoms. The number of carboxylic acids is 1. The third-order valence-electron chi connectivity index (χ3n) is 5.16. The number of amides is 1. The third kappa shape index (κ3) is 5.32. The maximum Gasteiger partial charge on any atom is 0.490 e. The summed E-state index contributed by atoms with van der Waals surface area (Å²) in [6.45, 7) is 3.55. The van der Waals surface area contributed by atoms with Gasteiger partial charge in [0, 0.05) is 45.1 Å². The summed E-state index contributed by atoms with van der Waals surface area (Å²) < 4.78 is 31.7. The lowest BCUT2D eigenvalue weighted by Gasteiger charge is -2.51. The molecule has 2 aliphatic heterocycles. The first-order chi connectivity index (χ1) is 13.6. The summed E-state index contributed by atoms with van der Waals surface area (Å²) in [6, 6.07) is 1.81. The number of nitrogens with zero attached hydrogens (tertiary/aromatic N) is 5. The van der Waals surface area contributed by atoms with E-state index in [9.17, 15) is 18.0 Å². The Bertz CT molecular complexity index is 696.